The standard InChI is InChI=1S/C38H45N4O8P.2C10H8N2.Ru/c1-24-11-15-39-32(19-24)33-21-28(12-16-40-33)9-6-7-14-41-35(44)13-18-51(46,47-5)48-17-8-10-34(43)42-23-31-27(4)49-38-26(3)37-29(22-30(31)38)25(2)20-36(45)50-37;2*1-3-7-11-9(5-1)10-6-2-4-8-12-10;/h11-12,15-16,19-22H,6-10,13-14,17-18,23H2,1-5H3,(H,41,44)(H,42,43);2*1-8H;. The number of carbonyl (C=O) groups is 2. The van der Waals surface area contributed by atoms with Gasteiger partial charge >= 0.3 is 13.2 Å². The second-order valence-electron chi connectivity index (χ2n) is 17.6. The Hall–Kier alpha value is -7.42. The molecular formula is C58H61N8O8PRu. The first-order valence-electron chi connectivity index (χ1n) is 24.7. The van der Waals surface area contributed by atoms with Crippen molar-refractivity contribution in [2.45, 2.75) is 72.8 Å². The molecule has 394 valence electrons. The zero-order chi connectivity index (χ0) is 53.0. The fraction of sp³-hybridized carbons (Fsp3) is 0.259. The Bertz CT molecular complexity index is 3250. The van der Waals surface area contributed by atoms with Crippen molar-refractivity contribution in [1.29, 1.82) is 0 Å². The Morgan fingerprint density at radius 1 is 0.592 bits per heavy atom. The van der Waals surface area contributed by atoms with Gasteiger partial charge in [0.15, 0.2) is 0 Å². The minimum absolute atomic E-state index is 0. The molecule has 0 saturated carbocycles. The number of furan rings is 1. The van der Waals surface area contributed by atoms with Gasteiger partial charge in [-0.2, -0.15) is 0 Å². The molecule has 0 radical (unpaired) electrons. The van der Waals surface area contributed by atoms with E-state index in [0.29, 0.717) is 29.9 Å². The van der Waals surface area contributed by atoms with Gasteiger partial charge in [-0.1, -0.05) is 24.3 Å². The number of amides is 2. The summed E-state index contributed by atoms with van der Waals surface area (Å²) < 4.78 is 35.2. The van der Waals surface area contributed by atoms with Gasteiger partial charge in [0, 0.05) is 118 Å². The van der Waals surface area contributed by atoms with Crippen LogP contribution in [0.5, 0.6) is 0 Å². The number of fused-ring (bicyclic) bond motifs is 2. The first-order valence-corrected chi connectivity index (χ1v) is 26.4. The van der Waals surface area contributed by atoms with E-state index in [4.69, 9.17) is 17.9 Å². The number of benzene rings is 1. The minimum Gasteiger partial charge on any atom is -0.461 e. The monoisotopic (exact) mass is 1130 g/mol. The second-order valence-corrected chi connectivity index (χ2v) is 19.8. The van der Waals surface area contributed by atoms with Gasteiger partial charge in [-0.3, -0.25) is 44.1 Å². The molecule has 0 spiro atoms. The number of pyridine rings is 6. The zero-order valence-corrected chi connectivity index (χ0v) is 45.8. The van der Waals surface area contributed by atoms with Crippen LogP contribution in [0.1, 0.15) is 65.7 Å². The summed E-state index contributed by atoms with van der Waals surface area (Å²) in [5.41, 5.74) is 10.7. The molecule has 0 bridgehead atoms. The van der Waals surface area contributed by atoms with E-state index in [1.165, 1.54) is 13.2 Å². The summed E-state index contributed by atoms with van der Waals surface area (Å²) in [5, 5.41) is 7.46. The fourth-order valence-electron chi connectivity index (χ4n) is 8.00. The van der Waals surface area contributed by atoms with Crippen LogP contribution in [-0.4, -0.2) is 68.1 Å². The van der Waals surface area contributed by atoms with Crippen LogP contribution >= 0.6 is 7.60 Å². The number of aromatic nitrogens is 6. The third-order valence-electron chi connectivity index (χ3n) is 12.0. The molecule has 1 atom stereocenters. The van der Waals surface area contributed by atoms with Crippen LogP contribution in [0.25, 0.3) is 56.1 Å². The van der Waals surface area contributed by atoms with E-state index in [1.807, 2.05) is 131 Å². The van der Waals surface area contributed by atoms with Crippen molar-refractivity contribution in [3.8, 4) is 34.2 Å². The molecule has 2 amide bonds. The summed E-state index contributed by atoms with van der Waals surface area (Å²) in [7, 11) is -2.20. The van der Waals surface area contributed by atoms with Crippen molar-refractivity contribution < 1.29 is 51.5 Å². The molecule has 16 nitrogen and oxygen atoms in total. The quantitative estimate of drug-likeness (QED) is 0.0334. The van der Waals surface area contributed by atoms with Gasteiger partial charge in [0.25, 0.3) is 0 Å². The number of hydrogen-bond acceptors (Lipinski definition) is 14. The normalized spacial score (nSPS) is 11.5. The van der Waals surface area contributed by atoms with Crippen molar-refractivity contribution in [1.82, 2.24) is 40.5 Å². The summed E-state index contributed by atoms with van der Waals surface area (Å²) in [5.74, 6) is 0.232. The van der Waals surface area contributed by atoms with E-state index >= 15 is 0 Å². The molecule has 2 N–H and O–H groups in total. The SMILES string of the molecule is COP(=O)(CCC(=O)NCCCCc1ccnc(-c2cc(C)ccn2)c1)OCCCC(=O)NCc1c(C)oc2c(C)c3oc(=O)cc(C)c3cc12.[Ru].c1ccc(-c2ccccn2)nc1.c1ccc(-c2ccccn2)nc1. The van der Waals surface area contributed by atoms with Crippen LogP contribution in [0.2, 0.25) is 0 Å². The molecule has 8 heterocycles. The van der Waals surface area contributed by atoms with E-state index in [-0.39, 0.29) is 63.4 Å². The maximum atomic E-state index is 13.1. The number of nitrogens with one attached hydrogen (secondary N) is 2. The van der Waals surface area contributed by atoms with Crippen molar-refractivity contribution >= 4 is 41.3 Å². The molecule has 8 aromatic heterocycles. The molecule has 9 aromatic rings. The third-order valence-corrected chi connectivity index (χ3v) is 13.9. The first-order chi connectivity index (χ1) is 36.4. The van der Waals surface area contributed by atoms with Gasteiger partial charge in [-0.05, 0) is 149 Å². The van der Waals surface area contributed by atoms with E-state index in [9.17, 15) is 18.9 Å². The van der Waals surface area contributed by atoms with E-state index in [1.54, 1.807) is 37.2 Å². The summed E-state index contributed by atoms with van der Waals surface area (Å²) in [4.78, 5) is 62.6. The van der Waals surface area contributed by atoms with Crippen LogP contribution < -0.4 is 16.3 Å². The van der Waals surface area contributed by atoms with E-state index in [2.05, 4.69) is 40.5 Å². The summed E-state index contributed by atoms with van der Waals surface area (Å²) >= 11 is 0. The number of rotatable bonds is 19. The van der Waals surface area contributed by atoms with Crippen LogP contribution in [-0.2, 0) is 55.6 Å². The largest absolute Gasteiger partial charge is 0.461 e. The van der Waals surface area contributed by atoms with E-state index in [0.717, 1.165) is 92.0 Å². The van der Waals surface area contributed by atoms with Crippen molar-refractivity contribution in [3.05, 3.63) is 190 Å². The maximum Gasteiger partial charge on any atom is 0.336 e. The third kappa shape index (κ3) is 16.8. The van der Waals surface area contributed by atoms with Gasteiger partial charge in [0.05, 0.1) is 46.9 Å². The van der Waals surface area contributed by atoms with Crippen LogP contribution in [0.15, 0.2) is 160 Å². The molecule has 18 heteroatoms. The smallest absolute Gasteiger partial charge is 0.336 e. The predicted molar refractivity (Wildman–Crippen MR) is 291 cm³/mol. The molecule has 0 fully saturated rings. The van der Waals surface area contributed by atoms with Crippen molar-refractivity contribution in [3.63, 3.8) is 0 Å². The predicted octanol–water partition coefficient (Wildman–Crippen LogP) is 11.3. The number of hydrogen-bond donors (Lipinski definition) is 2. The Labute approximate surface area is 454 Å². The second kappa shape index (κ2) is 29.0. The average Bonchev–Trinajstić information content (AvgIpc) is 3.77. The Morgan fingerprint density at radius 2 is 1.14 bits per heavy atom. The molecule has 9 rings (SSSR count). The molecule has 76 heavy (non-hydrogen) atoms. The molecule has 1 aromatic carbocycles. The summed E-state index contributed by atoms with van der Waals surface area (Å²) in [6.07, 6.45) is 13.6. The Morgan fingerprint density at radius 3 is 1.71 bits per heavy atom. The van der Waals surface area contributed by atoms with Gasteiger partial charge in [0.2, 0.25) is 11.8 Å². The maximum absolute atomic E-state index is 13.1. The van der Waals surface area contributed by atoms with Crippen LogP contribution in [0, 0.1) is 27.7 Å². The number of nitrogens with zero attached hydrogens (tertiary/aromatic N) is 6. The zero-order valence-electron chi connectivity index (χ0n) is 43.2. The van der Waals surface area contributed by atoms with Crippen molar-refractivity contribution in [2.24, 2.45) is 0 Å². The Balaban J connectivity index is 0.000000302. The Kier molecular flexibility index (Phi) is 22.1. The van der Waals surface area contributed by atoms with Gasteiger partial charge < -0.3 is 28.5 Å². The average molecular weight is 1130 g/mol. The molecular weight excluding hydrogens is 1070 g/mol. The van der Waals surface area contributed by atoms with Gasteiger partial charge in [0.1, 0.15) is 16.9 Å². The van der Waals surface area contributed by atoms with Gasteiger partial charge in [-0.25, -0.2) is 4.79 Å². The summed E-state index contributed by atoms with van der Waals surface area (Å²) in [6, 6.07) is 34.6. The first kappa shape index (κ1) is 57.9. The summed E-state index contributed by atoms with van der Waals surface area (Å²) in [6.45, 7) is 8.35. The van der Waals surface area contributed by atoms with Crippen molar-refractivity contribution in [2.75, 3.05) is 26.4 Å². The van der Waals surface area contributed by atoms with Gasteiger partial charge in [-0.15, -0.1) is 0 Å². The number of carbonyl (C=O) groups excluding carboxylic acids is 2. The minimum atomic E-state index is -3.50. The topological polar surface area (TPSA) is 214 Å². The number of unbranched alkanes of at least 4 members (excludes halogenated alkanes) is 1. The molecule has 0 saturated heterocycles. The van der Waals surface area contributed by atoms with Crippen LogP contribution in [0.3, 0.4) is 0 Å². The molecule has 0 aliphatic rings. The van der Waals surface area contributed by atoms with E-state index < -0.39 is 13.2 Å². The van der Waals surface area contributed by atoms with Crippen LogP contribution in [0.4, 0.5) is 0 Å². The number of aryl methyl sites for hydroxylation is 5. The molecule has 1 unspecified atom stereocenters. The molecule has 0 aliphatic carbocycles. The molecule has 0 aliphatic heterocycles. The fourth-order valence-corrected chi connectivity index (χ4v) is 9.30.